The second-order valence-corrected chi connectivity index (χ2v) is 16.6. The van der Waals surface area contributed by atoms with Crippen LogP contribution in [0.25, 0.3) is 0 Å². The first-order chi connectivity index (χ1) is 22.9. The summed E-state index contributed by atoms with van der Waals surface area (Å²) in [6.45, 7) is 19.7. The molecule has 0 saturated heterocycles. The number of carbonyl (C=O) groups excluding carboxylic acids is 2. The van der Waals surface area contributed by atoms with Crippen molar-refractivity contribution in [1.29, 1.82) is 0 Å². The van der Waals surface area contributed by atoms with Gasteiger partial charge in [0, 0.05) is 19.6 Å². The number of aliphatic hydroxyl groups is 1. The fraction of sp³-hybridized carbons (Fsp3) is 0.952. The predicted molar refractivity (Wildman–Crippen MR) is 204 cm³/mol. The summed E-state index contributed by atoms with van der Waals surface area (Å²) >= 11 is 0. The first-order valence-corrected chi connectivity index (χ1v) is 20.6. The zero-order chi connectivity index (χ0) is 35.9. The molecule has 0 radical (unpaired) electrons. The molecule has 6 heteroatoms. The topological polar surface area (TPSA) is 76.1 Å². The van der Waals surface area contributed by atoms with Crippen molar-refractivity contribution >= 4 is 11.9 Å². The van der Waals surface area contributed by atoms with Crippen molar-refractivity contribution in [1.82, 2.24) is 4.90 Å². The van der Waals surface area contributed by atoms with Gasteiger partial charge in [-0.15, -0.1) is 0 Å². The molecule has 0 spiro atoms. The average molecular weight is 682 g/mol. The van der Waals surface area contributed by atoms with Crippen LogP contribution in [0, 0.1) is 16.7 Å². The number of ether oxygens (including phenoxy) is 2. The molecule has 0 atom stereocenters. The minimum Gasteiger partial charge on any atom is -0.465 e. The molecule has 6 nitrogen and oxygen atoms in total. The SMILES string of the molecule is CCCCCCCCCOC(=O)C(C)(C)CCCCCCN(CCCO)CCCCCC(C)(C)COC(=O)CCCCCCCC(C)C. The smallest absolute Gasteiger partial charge is 0.311 e. The van der Waals surface area contributed by atoms with Gasteiger partial charge in [-0.25, -0.2) is 0 Å². The molecular formula is C42H83NO5. The van der Waals surface area contributed by atoms with Crippen LogP contribution in [0.1, 0.15) is 203 Å². The summed E-state index contributed by atoms with van der Waals surface area (Å²) in [5, 5.41) is 9.39. The number of aliphatic hydroxyl groups excluding tert-OH is 1. The second kappa shape index (κ2) is 30.7. The minimum atomic E-state index is -0.406. The molecule has 0 aliphatic rings. The van der Waals surface area contributed by atoms with Gasteiger partial charge in [-0.05, 0) is 83.2 Å². The predicted octanol–water partition coefficient (Wildman–Crippen LogP) is 11.5. The van der Waals surface area contributed by atoms with Crippen molar-refractivity contribution in [3.8, 4) is 0 Å². The summed E-state index contributed by atoms with van der Waals surface area (Å²) in [5.74, 6) is 0.710. The minimum absolute atomic E-state index is 0.0158. The lowest BCUT2D eigenvalue weighted by Crippen LogP contribution is -2.28. The standard InChI is InChI=1S/C42H83NO5/c1-8-9-10-11-12-18-26-36-47-40(46)42(6,7)31-23-16-17-24-32-43(34-27-35-44)33-25-19-22-30-41(4,5)37-48-39(45)29-21-15-13-14-20-28-38(2)3/h38,44H,8-37H2,1-7H3. The van der Waals surface area contributed by atoms with E-state index in [2.05, 4.69) is 39.5 Å². The third-order valence-corrected chi connectivity index (χ3v) is 9.81. The van der Waals surface area contributed by atoms with Crippen LogP contribution in [0.15, 0.2) is 0 Å². The highest BCUT2D eigenvalue weighted by atomic mass is 16.5. The molecule has 0 aliphatic heterocycles. The number of unbranched alkanes of at least 4 members (excludes halogenated alkanes) is 15. The van der Waals surface area contributed by atoms with Crippen LogP contribution in [0.2, 0.25) is 0 Å². The molecule has 0 fully saturated rings. The third kappa shape index (κ3) is 29.7. The van der Waals surface area contributed by atoms with Gasteiger partial charge in [0.25, 0.3) is 0 Å². The van der Waals surface area contributed by atoms with Gasteiger partial charge in [-0.3, -0.25) is 9.59 Å². The molecule has 0 aliphatic carbocycles. The molecule has 1 N–H and O–H groups in total. The van der Waals surface area contributed by atoms with Crippen LogP contribution in [0.5, 0.6) is 0 Å². The zero-order valence-corrected chi connectivity index (χ0v) is 33.3. The Balaban J connectivity index is 4.04. The Kier molecular flexibility index (Phi) is 29.9. The Bertz CT molecular complexity index is 750. The largest absolute Gasteiger partial charge is 0.465 e. The van der Waals surface area contributed by atoms with Crippen molar-refractivity contribution in [2.75, 3.05) is 39.5 Å². The lowest BCUT2D eigenvalue weighted by molar-refractivity contribution is -0.154. The summed E-state index contributed by atoms with van der Waals surface area (Å²) in [6.07, 6.45) is 27.1. The maximum Gasteiger partial charge on any atom is 0.311 e. The second-order valence-electron chi connectivity index (χ2n) is 16.6. The molecule has 0 saturated carbocycles. The first kappa shape index (κ1) is 46.9. The van der Waals surface area contributed by atoms with Crippen LogP contribution >= 0.6 is 0 Å². The van der Waals surface area contributed by atoms with Gasteiger partial charge in [-0.1, -0.05) is 137 Å². The third-order valence-electron chi connectivity index (χ3n) is 9.81. The molecule has 0 aromatic rings. The molecule has 0 heterocycles. The highest BCUT2D eigenvalue weighted by molar-refractivity contribution is 5.75. The van der Waals surface area contributed by atoms with E-state index in [1.807, 2.05) is 13.8 Å². The summed E-state index contributed by atoms with van der Waals surface area (Å²) in [6, 6.07) is 0. The van der Waals surface area contributed by atoms with Crippen LogP contribution in [-0.4, -0.2) is 61.4 Å². The van der Waals surface area contributed by atoms with Crippen LogP contribution in [0.3, 0.4) is 0 Å². The molecule has 48 heavy (non-hydrogen) atoms. The summed E-state index contributed by atoms with van der Waals surface area (Å²) in [5.41, 5.74) is -0.390. The molecule has 0 aromatic carbocycles. The molecule has 0 rings (SSSR count). The number of carbonyl (C=O) groups is 2. The molecule has 0 amide bonds. The van der Waals surface area contributed by atoms with Gasteiger partial charge in [-0.2, -0.15) is 0 Å². The van der Waals surface area contributed by atoms with Gasteiger partial charge in [0.15, 0.2) is 0 Å². The van der Waals surface area contributed by atoms with Gasteiger partial charge < -0.3 is 19.5 Å². The van der Waals surface area contributed by atoms with E-state index in [0.29, 0.717) is 19.6 Å². The van der Waals surface area contributed by atoms with Gasteiger partial charge in [0.1, 0.15) is 0 Å². The van der Waals surface area contributed by atoms with Crippen LogP contribution in [-0.2, 0) is 19.1 Å². The fourth-order valence-electron chi connectivity index (χ4n) is 6.30. The lowest BCUT2D eigenvalue weighted by Gasteiger charge is -2.25. The van der Waals surface area contributed by atoms with E-state index in [0.717, 1.165) is 103 Å². The van der Waals surface area contributed by atoms with Crippen LogP contribution in [0.4, 0.5) is 0 Å². The number of hydrogen-bond donors (Lipinski definition) is 1. The van der Waals surface area contributed by atoms with Crippen molar-refractivity contribution in [3.05, 3.63) is 0 Å². The number of hydrogen-bond acceptors (Lipinski definition) is 6. The van der Waals surface area contributed by atoms with Gasteiger partial charge in [0.05, 0.1) is 18.6 Å². The van der Waals surface area contributed by atoms with E-state index < -0.39 is 5.41 Å². The molecule has 0 bridgehead atoms. The zero-order valence-electron chi connectivity index (χ0n) is 33.3. The van der Waals surface area contributed by atoms with E-state index in [9.17, 15) is 14.7 Å². The van der Waals surface area contributed by atoms with Crippen molar-refractivity contribution in [2.24, 2.45) is 16.7 Å². The van der Waals surface area contributed by atoms with Crippen LogP contribution < -0.4 is 0 Å². The average Bonchev–Trinajstić information content (AvgIpc) is 3.04. The van der Waals surface area contributed by atoms with Crippen molar-refractivity contribution < 1.29 is 24.2 Å². The summed E-state index contributed by atoms with van der Waals surface area (Å²) in [7, 11) is 0. The van der Waals surface area contributed by atoms with Gasteiger partial charge in [0.2, 0.25) is 0 Å². The first-order valence-electron chi connectivity index (χ1n) is 20.6. The van der Waals surface area contributed by atoms with Gasteiger partial charge >= 0.3 is 11.9 Å². The highest BCUT2D eigenvalue weighted by Gasteiger charge is 2.28. The Morgan fingerprint density at radius 1 is 0.625 bits per heavy atom. The Morgan fingerprint density at radius 3 is 1.79 bits per heavy atom. The monoisotopic (exact) mass is 682 g/mol. The fourth-order valence-corrected chi connectivity index (χ4v) is 6.30. The normalized spacial score (nSPS) is 12.3. The van der Waals surface area contributed by atoms with E-state index >= 15 is 0 Å². The number of rotatable bonds is 35. The van der Waals surface area contributed by atoms with E-state index in [1.165, 1.54) is 70.6 Å². The quantitative estimate of drug-likeness (QED) is 0.0530. The lowest BCUT2D eigenvalue weighted by atomic mass is 9.87. The maximum atomic E-state index is 12.6. The van der Waals surface area contributed by atoms with Crippen molar-refractivity contribution in [3.63, 3.8) is 0 Å². The number of nitrogens with zero attached hydrogens (tertiary/aromatic N) is 1. The molecule has 0 aromatic heterocycles. The maximum absolute atomic E-state index is 12.6. The van der Waals surface area contributed by atoms with E-state index in [1.54, 1.807) is 0 Å². The number of esters is 2. The Morgan fingerprint density at radius 2 is 1.15 bits per heavy atom. The highest BCUT2D eigenvalue weighted by Crippen LogP contribution is 2.27. The Labute approximate surface area is 299 Å². The van der Waals surface area contributed by atoms with E-state index in [4.69, 9.17) is 9.47 Å². The summed E-state index contributed by atoms with van der Waals surface area (Å²) < 4.78 is 11.3. The van der Waals surface area contributed by atoms with E-state index in [-0.39, 0.29) is 24.0 Å². The Hall–Kier alpha value is -1.14. The molecule has 286 valence electrons. The molecule has 0 unspecified atom stereocenters. The summed E-state index contributed by atoms with van der Waals surface area (Å²) in [4.78, 5) is 27.4. The molecular weight excluding hydrogens is 598 g/mol. The van der Waals surface area contributed by atoms with Crippen molar-refractivity contribution in [2.45, 2.75) is 203 Å².